The Morgan fingerprint density at radius 1 is 1.06 bits per heavy atom. The monoisotopic (exact) mass is 533 g/mol. The Kier molecular flexibility index (Phi) is 7.41. The highest BCUT2D eigenvalue weighted by Crippen LogP contribution is 2.44. The minimum Gasteiger partial charge on any atom is -0.479 e. The number of thioether (sulfide) groups is 1. The third-order valence-corrected chi connectivity index (χ3v) is 9.80. The molecule has 2 aromatic rings. The fourth-order valence-corrected chi connectivity index (χ4v) is 7.19. The van der Waals surface area contributed by atoms with Crippen LogP contribution in [0.5, 0.6) is 0 Å². The highest BCUT2D eigenvalue weighted by atomic mass is 32.2. The largest absolute Gasteiger partial charge is 0.479 e. The Morgan fingerprint density at radius 2 is 1.78 bits per heavy atom. The molecule has 2 saturated heterocycles. The van der Waals surface area contributed by atoms with Crippen molar-refractivity contribution in [3.8, 4) is 0 Å². The van der Waals surface area contributed by atoms with Crippen LogP contribution in [-0.2, 0) is 16.0 Å². The number of rotatable bonds is 4. The van der Waals surface area contributed by atoms with Gasteiger partial charge in [0, 0.05) is 33.8 Å². The van der Waals surface area contributed by atoms with Gasteiger partial charge in [0.1, 0.15) is 12.2 Å². The number of likely N-dealkylation sites (N-methyl/N-ethyl adjacent to an activating group) is 1. The highest BCUT2D eigenvalue weighted by molar-refractivity contribution is 7.99. The quantitative estimate of drug-likeness (QED) is 0.346. The molecule has 4 N–H and O–H groups in total. The third kappa shape index (κ3) is 4.69. The Balaban J connectivity index is 1.40. The van der Waals surface area contributed by atoms with Crippen LogP contribution in [0.3, 0.4) is 0 Å². The molecule has 0 amide bonds. The zero-order valence-corrected chi connectivity index (χ0v) is 22.0. The highest BCUT2D eigenvalue weighted by Gasteiger charge is 2.54. The van der Waals surface area contributed by atoms with E-state index in [1.807, 2.05) is 18.8 Å². The zero-order chi connectivity index (χ0) is 25.6. The van der Waals surface area contributed by atoms with E-state index in [1.165, 1.54) is 25.8 Å². The lowest BCUT2D eigenvalue weighted by Gasteiger charge is -2.52. The van der Waals surface area contributed by atoms with Gasteiger partial charge in [-0.25, -0.2) is 4.79 Å². The van der Waals surface area contributed by atoms with E-state index in [1.54, 1.807) is 11.8 Å². The molecule has 5 rings (SSSR count). The average Bonchev–Trinajstić information content (AvgIpc) is 3.04. The smallest absolute Gasteiger partial charge is 0.335 e. The number of aliphatic hydroxyl groups is 3. The number of carboxylic acid groups (broad SMARTS) is 1. The maximum Gasteiger partial charge on any atom is 0.335 e. The first-order chi connectivity index (χ1) is 17.2. The van der Waals surface area contributed by atoms with Gasteiger partial charge in [-0.05, 0) is 48.1 Å². The summed E-state index contributed by atoms with van der Waals surface area (Å²) in [4.78, 5) is 17.9. The first-order valence-corrected chi connectivity index (χ1v) is 14.2. The standard InChI is InChI=1S/C26H32N2O6S2/c1-28(25-23(31)21(29)22(30)24(34-25)26(32)33)11-9-27(10-12-28)18-13-15-5-3-4-6-19(15)36-20-8-7-16(35-2)14-17(18)20/h3-8,14,18,21-25,29-31H,9-13H2,1-2H3/p+1. The molecule has 194 valence electrons. The van der Waals surface area contributed by atoms with E-state index >= 15 is 0 Å². The van der Waals surface area contributed by atoms with Crippen molar-refractivity contribution in [2.24, 2.45) is 0 Å². The lowest BCUT2D eigenvalue weighted by molar-refractivity contribution is -0.965. The van der Waals surface area contributed by atoms with E-state index in [2.05, 4.69) is 53.6 Å². The Bertz CT molecular complexity index is 1130. The number of aliphatic carboxylic acids is 1. The van der Waals surface area contributed by atoms with E-state index in [0.717, 1.165) is 19.5 Å². The predicted octanol–water partition coefficient (Wildman–Crippen LogP) is 1.81. The van der Waals surface area contributed by atoms with Crippen LogP contribution in [0.4, 0.5) is 0 Å². The molecule has 0 bridgehead atoms. The van der Waals surface area contributed by atoms with E-state index in [-0.39, 0.29) is 10.5 Å². The minimum absolute atomic E-state index is 0.188. The van der Waals surface area contributed by atoms with Crippen molar-refractivity contribution in [1.82, 2.24) is 4.90 Å². The maximum atomic E-state index is 11.6. The molecule has 3 aliphatic rings. The topological polar surface area (TPSA) is 110 Å². The van der Waals surface area contributed by atoms with Gasteiger partial charge >= 0.3 is 5.97 Å². The van der Waals surface area contributed by atoms with Crippen molar-refractivity contribution in [3.63, 3.8) is 0 Å². The summed E-state index contributed by atoms with van der Waals surface area (Å²) in [5.74, 6) is -1.35. The van der Waals surface area contributed by atoms with Crippen molar-refractivity contribution < 1.29 is 34.4 Å². The van der Waals surface area contributed by atoms with E-state index in [9.17, 15) is 25.2 Å². The molecule has 0 radical (unpaired) electrons. The SMILES string of the molecule is CSc1ccc2c(c1)C(N1CC[N+](C)(C3OC(C(=O)O)C(O)C(O)C3O)CC1)Cc1ccccc1S2. The van der Waals surface area contributed by atoms with Gasteiger partial charge in [-0.1, -0.05) is 30.0 Å². The molecule has 0 spiro atoms. The van der Waals surface area contributed by atoms with Crippen molar-refractivity contribution >= 4 is 29.5 Å². The van der Waals surface area contributed by atoms with Crippen molar-refractivity contribution in [2.45, 2.75) is 57.8 Å². The van der Waals surface area contributed by atoms with E-state index in [4.69, 9.17) is 4.74 Å². The Hall–Kier alpha value is -1.63. The second-order valence-electron chi connectivity index (χ2n) is 10.1. The van der Waals surface area contributed by atoms with Gasteiger partial charge in [0.2, 0.25) is 6.23 Å². The van der Waals surface area contributed by atoms with Crippen LogP contribution in [0.1, 0.15) is 17.2 Å². The number of hydrogen-bond acceptors (Lipinski definition) is 8. The molecule has 3 aliphatic heterocycles. The van der Waals surface area contributed by atoms with Gasteiger partial charge in [0.25, 0.3) is 0 Å². The zero-order valence-electron chi connectivity index (χ0n) is 20.4. The third-order valence-electron chi connectivity index (χ3n) is 7.86. The molecule has 6 unspecified atom stereocenters. The number of hydrogen-bond donors (Lipinski definition) is 4. The molecule has 8 nitrogen and oxygen atoms in total. The number of carbonyl (C=O) groups is 1. The lowest BCUT2D eigenvalue weighted by atomic mass is 9.94. The lowest BCUT2D eigenvalue weighted by Crippen LogP contribution is -2.72. The molecule has 2 aromatic carbocycles. The van der Waals surface area contributed by atoms with Crippen LogP contribution in [-0.4, -0.2) is 106 Å². The van der Waals surface area contributed by atoms with Gasteiger partial charge in [0.15, 0.2) is 12.2 Å². The predicted molar refractivity (Wildman–Crippen MR) is 137 cm³/mol. The summed E-state index contributed by atoms with van der Waals surface area (Å²) in [6.07, 6.45) is -4.16. The van der Waals surface area contributed by atoms with Crippen LogP contribution in [0, 0.1) is 0 Å². The first kappa shape index (κ1) is 26.0. The molecule has 3 heterocycles. The summed E-state index contributed by atoms with van der Waals surface area (Å²) in [6.45, 7) is 2.67. The van der Waals surface area contributed by atoms with E-state index in [0.29, 0.717) is 13.1 Å². The number of piperazine rings is 1. The Labute approximate surface area is 219 Å². The molecular weight excluding hydrogens is 500 g/mol. The van der Waals surface area contributed by atoms with Crippen molar-refractivity contribution in [1.29, 1.82) is 0 Å². The second-order valence-corrected chi connectivity index (χ2v) is 12.0. The van der Waals surface area contributed by atoms with Crippen LogP contribution in [0.25, 0.3) is 0 Å². The van der Waals surface area contributed by atoms with Gasteiger partial charge in [-0.3, -0.25) is 9.38 Å². The molecule has 2 fully saturated rings. The number of nitrogens with zero attached hydrogens (tertiary/aromatic N) is 2. The van der Waals surface area contributed by atoms with Gasteiger partial charge in [-0.15, -0.1) is 11.8 Å². The normalized spacial score (nSPS) is 32.2. The number of ether oxygens (including phenoxy) is 1. The van der Waals surface area contributed by atoms with Crippen LogP contribution >= 0.6 is 23.5 Å². The van der Waals surface area contributed by atoms with Crippen molar-refractivity contribution in [2.75, 3.05) is 39.5 Å². The van der Waals surface area contributed by atoms with Gasteiger partial charge < -0.3 is 25.2 Å². The molecule has 0 aromatic heterocycles. The molecule has 0 aliphatic carbocycles. The molecule has 36 heavy (non-hydrogen) atoms. The summed E-state index contributed by atoms with van der Waals surface area (Å²) < 4.78 is 5.97. The summed E-state index contributed by atoms with van der Waals surface area (Å²) in [5, 5.41) is 40.6. The second kappa shape index (κ2) is 10.3. The summed E-state index contributed by atoms with van der Waals surface area (Å²) >= 11 is 3.55. The molecule has 10 heteroatoms. The van der Waals surface area contributed by atoms with Crippen LogP contribution < -0.4 is 0 Å². The average molecular weight is 534 g/mol. The van der Waals surface area contributed by atoms with E-state index < -0.39 is 36.6 Å². The summed E-state index contributed by atoms with van der Waals surface area (Å²) in [6, 6.07) is 15.4. The molecule has 0 saturated carbocycles. The van der Waals surface area contributed by atoms with Crippen LogP contribution in [0.2, 0.25) is 0 Å². The minimum atomic E-state index is -1.67. The summed E-state index contributed by atoms with van der Waals surface area (Å²) in [7, 11) is 1.92. The number of fused-ring (bicyclic) bond motifs is 2. The maximum absolute atomic E-state index is 11.6. The first-order valence-electron chi connectivity index (χ1n) is 12.2. The van der Waals surface area contributed by atoms with Gasteiger partial charge in [-0.2, -0.15) is 0 Å². The molecule has 6 atom stereocenters. The summed E-state index contributed by atoms with van der Waals surface area (Å²) in [5.41, 5.74) is 2.64. The molecular formula is C26H33N2O6S2+. The number of carboxylic acids is 1. The number of quaternary nitrogens is 1. The van der Waals surface area contributed by atoms with Crippen LogP contribution in [0.15, 0.2) is 57.2 Å². The fraction of sp³-hybridized carbons (Fsp3) is 0.500. The van der Waals surface area contributed by atoms with Crippen molar-refractivity contribution in [3.05, 3.63) is 53.6 Å². The van der Waals surface area contributed by atoms with Gasteiger partial charge in [0.05, 0.1) is 20.1 Å². The number of aliphatic hydroxyl groups excluding tert-OH is 3. The Morgan fingerprint density at radius 3 is 2.47 bits per heavy atom. The number of benzene rings is 2. The fourth-order valence-electron chi connectivity index (χ4n) is 5.63.